The van der Waals surface area contributed by atoms with Crippen LogP contribution in [0.2, 0.25) is 5.02 Å². The molecular formula is C17H23ClN2O5. The van der Waals surface area contributed by atoms with Gasteiger partial charge in [0.25, 0.3) is 5.91 Å². The van der Waals surface area contributed by atoms with Crippen molar-refractivity contribution in [1.29, 1.82) is 0 Å². The molecule has 0 fully saturated rings. The number of benzene rings is 1. The fourth-order valence-corrected chi connectivity index (χ4v) is 2.90. The van der Waals surface area contributed by atoms with E-state index in [1.54, 1.807) is 32.0 Å². The molecule has 0 saturated carbocycles. The monoisotopic (exact) mass is 370 g/mol. The topological polar surface area (TPSA) is 90.3 Å². The first-order valence-corrected chi connectivity index (χ1v) is 8.48. The van der Waals surface area contributed by atoms with Gasteiger partial charge in [-0.25, -0.2) is 0 Å². The number of hydrogen-bond donors (Lipinski definition) is 2. The zero-order valence-electron chi connectivity index (χ0n) is 14.4. The van der Waals surface area contributed by atoms with Crippen LogP contribution in [0.25, 0.3) is 0 Å². The van der Waals surface area contributed by atoms with Gasteiger partial charge in [-0.2, -0.15) is 0 Å². The average molecular weight is 371 g/mol. The Labute approximate surface area is 151 Å². The predicted octanol–water partition coefficient (Wildman–Crippen LogP) is 1.05. The fraction of sp³-hybridized carbons (Fsp3) is 0.529. The second-order valence-corrected chi connectivity index (χ2v) is 6.70. The third-order valence-corrected chi connectivity index (χ3v) is 4.21. The summed E-state index contributed by atoms with van der Waals surface area (Å²) in [5.74, 6) is 0.0266. The molecule has 0 bridgehead atoms. The van der Waals surface area contributed by atoms with Gasteiger partial charge in [-0.3, -0.25) is 9.59 Å². The number of anilines is 1. The Kier molecular flexibility index (Phi) is 6.26. The van der Waals surface area contributed by atoms with Gasteiger partial charge in [0.1, 0.15) is 5.75 Å². The second-order valence-electron chi connectivity index (χ2n) is 6.26. The molecule has 0 aromatic heterocycles. The maximum Gasteiger partial charge on any atom is 0.270 e. The molecule has 0 atom stereocenters. The Hall–Kier alpha value is -1.83. The van der Waals surface area contributed by atoms with Crippen molar-refractivity contribution in [2.24, 2.45) is 0 Å². The Balaban J connectivity index is 2.18. The number of ether oxygens (including phenoxy) is 1. The molecule has 0 unspecified atom stereocenters. The van der Waals surface area contributed by atoms with E-state index >= 15 is 0 Å². The summed E-state index contributed by atoms with van der Waals surface area (Å²) in [5, 5.41) is 18.5. The Morgan fingerprint density at radius 3 is 2.52 bits per heavy atom. The van der Waals surface area contributed by atoms with Crippen molar-refractivity contribution in [3.63, 3.8) is 0 Å². The number of carbonyl (C=O) groups excluding carboxylic acids is 2. The van der Waals surface area contributed by atoms with Gasteiger partial charge >= 0.3 is 0 Å². The number of hydrogen-bond acceptors (Lipinski definition) is 5. The van der Waals surface area contributed by atoms with Crippen LogP contribution in [-0.2, 0) is 9.59 Å². The smallest absolute Gasteiger partial charge is 0.270 e. The lowest BCUT2D eigenvalue weighted by atomic mass is 10.0. The number of aliphatic hydroxyl groups is 2. The largest absolute Gasteiger partial charge is 0.476 e. The highest BCUT2D eigenvalue weighted by Crippen LogP contribution is 2.39. The number of nitrogens with zero attached hydrogens (tertiary/aromatic N) is 2. The number of carbonyl (C=O) groups is 2. The molecule has 2 N–H and O–H groups in total. The average Bonchev–Trinajstić information content (AvgIpc) is 2.55. The van der Waals surface area contributed by atoms with E-state index in [-0.39, 0.29) is 51.1 Å². The first-order chi connectivity index (χ1) is 11.8. The molecule has 1 aliphatic heterocycles. The SMILES string of the molecule is CC1(C)Oc2ccc(Cl)cc2N(CCC(=O)N(CCO)CCO)C1=O. The van der Waals surface area contributed by atoms with Crippen LogP contribution < -0.4 is 9.64 Å². The molecule has 25 heavy (non-hydrogen) atoms. The van der Waals surface area contributed by atoms with Crippen LogP contribution in [0.4, 0.5) is 5.69 Å². The summed E-state index contributed by atoms with van der Waals surface area (Å²) in [6.07, 6.45) is 0.0633. The Morgan fingerprint density at radius 1 is 1.28 bits per heavy atom. The summed E-state index contributed by atoms with van der Waals surface area (Å²) < 4.78 is 5.74. The minimum atomic E-state index is -1.04. The highest BCUT2D eigenvalue weighted by atomic mass is 35.5. The van der Waals surface area contributed by atoms with Crippen LogP contribution in [0, 0.1) is 0 Å². The van der Waals surface area contributed by atoms with E-state index in [9.17, 15) is 9.59 Å². The Morgan fingerprint density at radius 2 is 1.92 bits per heavy atom. The molecule has 8 heteroatoms. The van der Waals surface area contributed by atoms with Crippen molar-refractivity contribution in [2.75, 3.05) is 37.7 Å². The molecule has 2 rings (SSSR count). The van der Waals surface area contributed by atoms with Crippen LogP contribution in [0.15, 0.2) is 18.2 Å². The summed E-state index contributed by atoms with van der Waals surface area (Å²) in [4.78, 5) is 27.9. The minimum absolute atomic E-state index is 0.0633. The zero-order valence-corrected chi connectivity index (χ0v) is 15.1. The molecule has 0 saturated heterocycles. The number of aliphatic hydroxyl groups excluding tert-OH is 2. The standard InChI is InChI=1S/C17H23ClN2O5/c1-17(2)16(24)20(13-11-12(18)3-4-14(13)25-17)6-5-15(23)19(7-9-21)8-10-22/h3-4,11,21-22H,5-10H2,1-2H3. The number of amides is 2. The van der Waals surface area contributed by atoms with Crippen molar-refractivity contribution < 1.29 is 24.5 Å². The molecule has 1 aliphatic rings. The molecule has 138 valence electrons. The fourth-order valence-electron chi connectivity index (χ4n) is 2.73. The molecule has 0 aliphatic carbocycles. The normalized spacial score (nSPS) is 15.6. The summed E-state index contributed by atoms with van der Waals surface area (Å²) >= 11 is 6.03. The summed E-state index contributed by atoms with van der Waals surface area (Å²) in [6.45, 7) is 3.42. The lowest BCUT2D eigenvalue weighted by Gasteiger charge is -2.39. The van der Waals surface area contributed by atoms with Gasteiger partial charge in [0.05, 0.1) is 18.9 Å². The molecule has 7 nitrogen and oxygen atoms in total. The van der Waals surface area contributed by atoms with Crippen molar-refractivity contribution >= 4 is 29.1 Å². The quantitative estimate of drug-likeness (QED) is 0.748. The highest BCUT2D eigenvalue weighted by molar-refractivity contribution is 6.31. The number of halogens is 1. The van der Waals surface area contributed by atoms with E-state index in [1.165, 1.54) is 9.80 Å². The minimum Gasteiger partial charge on any atom is -0.476 e. The van der Waals surface area contributed by atoms with Gasteiger partial charge in [0, 0.05) is 31.1 Å². The molecule has 1 heterocycles. The predicted molar refractivity (Wildman–Crippen MR) is 93.9 cm³/mol. The first-order valence-electron chi connectivity index (χ1n) is 8.10. The summed E-state index contributed by atoms with van der Waals surface area (Å²) in [5.41, 5.74) is -0.514. The van der Waals surface area contributed by atoms with Crippen molar-refractivity contribution in [3.05, 3.63) is 23.2 Å². The van der Waals surface area contributed by atoms with Gasteiger partial charge in [-0.15, -0.1) is 0 Å². The van der Waals surface area contributed by atoms with E-state index < -0.39 is 5.60 Å². The van der Waals surface area contributed by atoms with Crippen LogP contribution in [0.5, 0.6) is 5.75 Å². The van der Waals surface area contributed by atoms with Crippen molar-refractivity contribution in [3.8, 4) is 5.75 Å². The van der Waals surface area contributed by atoms with Crippen molar-refractivity contribution in [1.82, 2.24) is 4.90 Å². The van der Waals surface area contributed by atoms with E-state index in [4.69, 9.17) is 26.6 Å². The zero-order chi connectivity index (χ0) is 18.6. The molecule has 0 radical (unpaired) electrons. The summed E-state index contributed by atoms with van der Waals surface area (Å²) in [6, 6.07) is 5.01. The third kappa shape index (κ3) is 4.42. The molecule has 0 spiro atoms. The number of rotatable bonds is 7. The van der Waals surface area contributed by atoms with Gasteiger partial charge < -0.3 is 24.7 Å². The second kappa shape index (κ2) is 8.03. The van der Waals surface area contributed by atoms with E-state index in [1.807, 2.05) is 0 Å². The maximum absolute atomic E-state index is 12.7. The third-order valence-electron chi connectivity index (χ3n) is 3.98. The van der Waals surface area contributed by atoms with E-state index in [2.05, 4.69) is 0 Å². The van der Waals surface area contributed by atoms with Gasteiger partial charge in [0.15, 0.2) is 5.60 Å². The van der Waals surface area contributed by atoms with Crippen LogP contribution in [-0.4, -0.2) is 65.4 Å². The van der Waals surface area contributed by atoms with E-state index in [0.29, 0.717) is 16.5 Å². The first kappa shape index (κ1) is 19.5. The highest BCUT2D eigenvalue weighted by Gasteiger charge is 2.41. The maximum atomic E-state index is 12.7. The van der Waals surface area contributed by atoms with Crippen LogP contribution in [0.1, 0.15) is 20.3 Å². The Bertz CT molecular complexity index is 644. The van der Waals surface area contributed by atoms with Gasteiger partial charge in [-0.1, -0.05) is 11.6 Å². The molecule has 1 aromatic rings. The molecule has 2 amide bonds. The molecular weight excluding hydrogens is 348 g/mol. The number of fused-ring (bicyclic) bond motifs is 1. The molecule has 1 aromatic carbocycles. The van der Waals surface area contributed by atoms with Gasteiger partial charge in [0.2, 0.25) is 5.91 Å². The lowest BCUT2D eigenvalue weighted by molar-refractivity contribution is -0.133. The van der Waals surface area contributed by atoms with Crippen LogP contribution in [0.3, 0.4) is 0 Å². The van der Waals surface area contributed by atoms with Gasteiger partial charge in [-0.05, 0) is 32.0 Å². The van der Waals surface area contributed by atoms with Crippen LogP contribution >= 0.6 is 11.6 Å². The van der Waals surface area contributed by atoms with Crippen molar-refractivity contribution in [2.45, 2.75) is 25.9 Å². The summed E-state index contributed by atoms with van der Waals surface area (Å²) in [7, 11) is 0. The lowest BCUT2D eigenvalue weighted by Crippen LogP contribution is -2.53. The van der Waals surface area contributed by atoms with E-state index in [0.717, 1.165) is 0 Å².